The molecule has 0 spiro atoms. The summed E-state index contributed by atoms with van der Waals surface area (Å²) in [5.74, 6) is 0. The first-order valence-corrected chi connectivity index (χ1v) is 1.10. The van der Waals surface area contributed by atoms with Crippen LogP contribution in [0.3, 0.4) is 0 Å². The minimum absolute atomic E-state index is 0. The summed E-state index contributed by atoms with van der Waals surface area (Å²) in [5, 5.41) is 29.5. The van der Waals surface area contributed by atoms with Crippen LogP contribution in [-0.2, 0) is 17.1 Å². The van der Waals surface area contributed by atoms with Gasteiger partial charge in [0, 0.05) is 0 Å². The fourth-order valence-corrected chi connectivity index (χ4v) is 0. The molecule has 0 bridgehead atoms. The summed E-state index contributed by atoms with van der Waals surface area (Å²) in [7, 11) is 0. The smallest absolute Gasteiger partial charge is 0.356 e. The van der Waals surface area contributed by atoms with Gasteiger partial charge in [0.1, 0.15) is 0 Å². The Kier molecular flexibility index (Phi) is 36.0. The van der Waals surface area contributed by atoms with E-state index < -0.39 is 10.2 Å². The third-order valence-electron chi connectivity index (χ3n) is 0. The van der Waals surface area contributed by atoms with Crippen molar-refractivity contribution in [1.82, 2.24) is 0 Å². The Morgan fingerprint density at radius 3 is 0.800 bits per heavy atom. The van der Waals surface area contributed by atoms with Gasteiger partial charge in [-0.1, -0.05) is 0 Å². The molecule has 0 rings (SSSR count). The van der Waals surface area contributed by atoms with Crippen LogP contribution in [0.1, 0.15) is 0 Å². The van der Waals surface area contributed by atoms with E-state index in [4.69, 9.17) is 30.6 Å². The molecule has 0 N–H and O–H groups in total. The summed E-state index contributed by atoms with van der Waals surface area (Å²) >= 11 is 0. The maximum absolute atomic E-state index is 8.25. The number of rotatable bonds is 0. The molecule has 0 amide bonds. The van der Waals surface area contributed by atoms with Gasteiger partial charge < -0.3 is 30.6 Å². The second-order valence-corrected chi connectivity index (χ2v) is 0.447. The number of hydrogen-bond acceptors (Lipinski definition) is 6. The summed E-state index contributed by atoms with van der Waals surface area (Å²) in [6.07, 6.45) is 0. The molecule has 0 saturated heterocycles. The van der Waals surface area contributed by atoms with Gasteiger partial charge in [0.05, 0.1) is 10.2 Å². The average molecular weight is 224 g/mol. The Morgan fingerprint density at radius 2 is 0.800 bits per heavy atom. The molecule has 0 aromatic heterocycles. The number of nitrogens with zero attached hydrogens (tertiary/aromatic N) is 2. The molecule has 0 fully saturated rings. The largest absolute Gasteiger partial charge is 2.00 e. The van der Waals surface area contributed by atoms with Gasteiger partial charge in [-0.3, -0.25) is 0 Å². The average Bonchev–Trinajstić information content (AvgIpc) is 1.25. The minimum Gasteiger partial charge on any atom is -0.356 e. The van der Waals surface area contributed by atoms with Crippen LogP contribution < -0.4 is 0 Å². The first kappa shape index (κ1) is 22.9. The van der Waals surface area contributed by atoms with Gasteiger partial charge in [0.15, 0.2) is 0 Å². The molecular formula is HClCuN2O6. The Bertz CT molecular complexity index is 73.7. The fraction of sp³-hybridized carbons (Fsp3) is 0. The van der Waals surface area contributed by atoms with E-state index in [0.717, 1.165) is 0 Å². The van der Waals surface area contributed by atoms with Crippen molar-refractivity contribution < 1.29 is 27.2 Å². The van der Waals surface area contributed by atoms with Gasteiger partial charge in [-0.2, -0.15) is 0 Å². The second-order valence-electron chi connectivity index (χ2n) is 0.447. The molecule has 0 aliphatic rings. The second kappa shape index (κ2) is 15.7. The zero-order chi connectivity index (χ0) is 7.15. The summed E-state index contributed by atoms with van der Waals surface area (Å²) in [4.78, 5) is 16.5. The molecule has 0 aromatic carbocycles. The Balaban J connectivity index is -0.0000000300. The predicted molar refractivity (Wildman–Crippen MR) is 28.0 cm³/mol. The molecule has 0 unspecified atom stereocenters. The molecule has 0 atom stereocenters. The number of hydrogen-bond donors (Lipinski definition) is 0. The van der Waals surface area contributed by atoms with Crippen molar-refractivity contribution in [3.63, 3.8) is 0 Å². The SMILES string of the molecule is Cl.O=[N+]([O-])[O-].O=[N+]([O-])[O-].[Cu+2]. The molecular weight excluding hydrogens is 223 g/mol. The molecule has 65 valence electrons. The van der Waals surface area contributed by atoms with E-state index in [2.05, 4.69) is 0 Å². The molecule has 0 aliphatic heterocycles. The molecule has 8 nitrogen and oxygen atoms in total. The predicted octanol–water partition coefficient (Wildman–Crippen LogP) is -0.0589. The van der Waals surface area contributed by atoms with Crippen molar-refractivity contribution >= 4 is 12.4 Å². The van der Waals surface area contributed by atoms with Crippen LogP contribution >= 0.6 is 12.4 Å². The molecule has 0 aliphatic carbocycles. The molecule has 0 heterocycles. The quantitative estimate of drug-likeness (QED) is 0.321. The summed E-state index contributed by atoms with van der Waals surface area (Å²) in [5.41, 5.74) is 0. The monoisotopic (exact) mass is 223 g/mol. The van der Waals surface area contributed by atoms with Crippen molar-refractivity contribution in [2.24, 2.45) is 0 Å². The van der Waals surface area contributed by atoms with E-state index in [0.29, 0.717) is 0 Å². The molecule has 10 heteroatoms. The molecule has 0 saturated carbocycles. The summed E-state index contributed by atoms with van der Waals surface area (Å²) < 4.78 is 0. The Labute approximate surface area is 70.9 Å². The minimum atomic E-state index is -1.75. The van der Waals surface area contributed by atoms with Gasteiger partial charge in [-0.15, -0.1) is 12.4 Å². The number of halogens is 1. The van der Waals surface area contributed by atoms with Crippen molar-refractivity contribution in [2.45, 2.75) is 0 Å². The van der Waals surface area contributed by atoms with Crippen molar-refractivity contribution in [1.29, 1.82) is 0 Å². The Hall–Kier alpha value is -0.791. The molecule has 1 radical (unpaired) electrons. The fourth-order valence-electron chi connectivity index (χ4n) is 0. The van der Waals surface area contributed by atoms with Gasteiger partial charge in [0.2, 0.25) is 0 Å². The van der Waals surface area contributed by atoms with E-state index >= 15 is 0 Å². The van der Waals surface area contributed by atoms with E-state index in [-0.39, 0.29) is 29.5 Å². The van der Waals surface area contributed by atoms with Crippen LogP contribution in [0.4, 0.5) is 0 Å². The summed E-state index contributed by atoms with van der Waals surface area (Å²) in [6.45, 7) is 0. The van der Waals surface area contributed by atoms with Gasteiger partial charge >= 0.3 is 17.1 Å². The van der Waals surface area contributed by atoms with Crippen LogP contribution in [0.2, 0.25) is 0 Å². The van der Waals surface area contributed by atoms with Crippen molar-refractivity contribution in [3.8, 4) is 0 Å². The van der Waals surface area contributed by atoms with E-state index in [1.807, 2.05) is 0 Å². The summed E-state index contributed by atoms with van der Waals surface area (Å²) in [6, 6.07) is 0. The van der Waals surface area contributed by atoms with Gasteiger partial charge in [0.25, 0.3) is 0 Å². The first-order valence-electron chi connectivity index (χ1n) is 1.10. The zero-order valence-electron chi connectivity index (χ0n) is 4.05. The molecule has 0 aromatic rings. The third kappa shape index (κ3) is 445. The topological polar surface area (TPSA) is 132 Å². The normalized spacial score (nSPS) is 4.80. The van der Waals surface area contributed by atoms with Crippen LogP contribution in [0.25, 0.3) is 0 Å². The standard InChI is InChI=1S/ClH.Cu.2NO3/c;;2*2-1(3)4/h1H;;;/q;+2;2*-1. The van der Waals surface area contributed by atoms with Crippen molar-refractivity contribution in [2.75, 3.05) is 0 Å². The zero-order valence-corrected chi connectivity index (χ0v) is 5.81. The maximum Gasteiger partial charge on any atom is 2.00 e. The van der Waals surface area contributed by atoms with E-state index in [9.17, 15) is 0 Å². The van der Waals surface area contributed by atoms with Gasteiger partial charge in [-0.05, 0) is 0 Å². The van der Waals surface area contributed by atoms with E-state index in [1.165, 1.54) is 0 Å². The van der Waals surface area contributed by atoms with Crippen LogP contribution in [0.5, 0.6) is 0 Å². The molecule has 10 heavy (non-hydrogen) atoms. The van der Waals surface area contributed by atoms with Crippen LogP contribution in [0.15, 0.2) is 0 Å². The Morgan fingerprint density at radius 1 is 0.800 bits per heavy atom. The van der Waals surface area contributed by atoms with E-state index in [1.54, 1.807) is 0 Å². The first-order chi connectivity index (χ1) is 3.46. The van der Waals surface area contributed by atoms with Crippen LogP contribution in [0, 0.1) is 30.6 Å². The van der Waals surface area contributed by atoms with Crippen LogP contribution in [-0.4, -0.2) is 10.2 Å². The van der Waals surface area contributed by atoms with Gasteiger partial charge in [-0.25, -0.2) is 0 Å². The van der Waals surface area contributed by atoms with Crippen molar-refractivity contribution in [3.05, 3.63) is 30.6 Å². The third-order valence-corrected chi connectivity index (χ3v) is 0. The maximum atomic E-state index is 8.25.